The Balaban J connectivity index is 1.85. The second-order valence-electron chi connectivity index (χ2n) is 5.83. The normalized spacial score (nSPS) is 19.8. The summed E-state index contributed by atoms with van der Waals surface area (Å²) in [5.74, 6) is 0.165. The molecule has 0 radical (unpaired) electrons. The van der Waals surface area contributed by atoms with Crippen LogP contribution in [0.3, 0.4) is 0 Å². The van der Waals surface area contributed by atoms with Gasteiger partial charge in [-0.15, -0.1) is 0 Å². The van der Waals surface area contributed by atoms with Gasteiger partial charge in [-0.2, -0.15) is 0 Å². The zero-order valence-electron chi connectivity index (χ0n) is 11.6. The second-order valence-corrected chi connectivity index (χ2v) is 5.83. The lowest BCUT2D eigenvalue weighted by molar-refractivity contribution is 0.0682. The summed E-state index contributed by atoms with van der Waals surface area (Å²) in [5, 5.41) is 0. The van der Waals surface area contributed by atoms with E-state index < -0.39 is 0 Å². The number of hydrogen-bond acceptors (Lipinski definition) is 2. The summed E-state index contributed by atoms with van der Waals surface area (Å²) in [7, 11) is 0. The fourth-order valence-corrected chi connectivity index (χ4v) is 3.26. The van der Waals surface area contributed by atoms with Gasteiger partial charge in [0.15, 0.2) is 0 Å². The number of carbonyl (C=O) groups excluding carboxylic acids is 1. The zero-order chi connectivity index (χ0) is 13.4. The van der Waals surface area contributed by atoms with E-state index in [1.807, 2.05) is 17.2 Å². The van der Waals surface area contributed by atoms with Gasteiger partial charge in [-0.25, -0.2) is 0 Å². The van der Waals surface area contributed by atoms with Gasteiger partial charge < -0.3 is 15.2 Å². The first-order valence-corrected chi connectivity index (χ1v) is 7.49. The van der Waals surface area contributed by atoms with Crippen LogP contribution >= 0.6 is 0 Å². The molecule has 1 aromatic heterocycles. The van der Waals surface area contributed by atoms with Crippen molar-refractivity contribution in [1.29, 1.82) is 0 Å². The van der Waals surface area contributed by atoms with E-state index in [0.29, 0.717) is 17.8 Å². The molecule has 1 aromatic rings. The SMILES string of the molecule is CCN(C(=O)c1cc(N)cn1C1CC1)C1CCCC1. The minimum absolute atomic E-state index is 0.165. The molecule has 2 fully saturated rings. The van der Waals surface area contributed by atoms with Crippen molar-refractivity contribution in [3.63, 3.8) is 0 Å². The summed E-state index contributed by atoms with van der Waals surface area (Å²) >= 11 is 0. The molecule has 0 unspecified atom stereocenters. The van der Waals surface area contributed by atoms with Gasteiger partial charge in [-0.05, 0) is 38.7 Å². The third-order valence-corrected chi connectivity index (χ3v) is 4.40. The van der Waals surface area contributed by atoms with Crippen molar-refractivity contribution in [3.8, 4) is 0 Å². The summed E-state index contributed by atoms with van der Waals surface area (Å²) in [4.78, 5) is 14.8. The Hall–Kier alpha value is -1.45. The van der Waals surface area contributed by atoms with Crippen molar-refractivity contribution in [2.24, 2.45) is 0 Å². The van der Waals surface area contributed by atoms with Gasteiger partial charge in [0.1, 0.15) is 5.69 Å². The number of hydrogen-bond donors (Lipinski definition) is 1. The molecule has 19 heavy (non-hydrogen) atoms. The van der Waals surface area contributed by atoms with Gasteiger partial charge in [0.25, 0.3) is 5.91 Å². The molecular formula is C15H23N3O. The van der Waals surface area contributed by atoms with Crippen LogP contribution in [0.1, 0.15) is 62.0 Å². The van der Waals surface area contributed by atoms with Gasteiger partial charge in [-0.1, -0.05) is 12.8 Å². The summed E-state index contributed by atoms with van der Waals surface area (Å²) in [6, 6.07) is 2.78. The number of carbonyl (C=O) groups is 1. The molecule has 1 amide bonds. The topological polar surface area (TPSA) is 51.3 Å². The molecule has 0 aromatic carbocycles. The zero-order valence-corrected chi connectivity index (χ0v) is 11.6. The molecule has 1 heterocycles. The molecule has 104 valence electrons. The minimum atomic E-state index is 0.165. The van der Waals surface area contributed by atoms with E-state index in [9.17, 15) is 4.79 Å². The first-order valence-electron chi connectivity index (χ1n) is 7.49. The lowest BCUT2D eigenvalue weighted by Gasteiger charge is -2.28. The molecule has 4 heteroatoms. The summed E-state index contributed by atoms with van der Waals surface area (Å²) < 4.78 is 2.09. The van der Waals surface area contributed by atoms with Crippen LogP contribution in [0, 0.1) is 0 Å². The van der Waals surface area contributed by atoms with Crippen molar-refractivity contribution in [2.75, 3.05) is 12.3 Å². The third-order valence-electron chi connectivity index (χ3n) is 4.40. The molecule has 2 N–H and O–H groups in total. The average molecular weight is 261 g/mol. The van der Waals surface area contributed by atoms with Gasteiger partial charge >= 0.3 is 0 Å². The van der Waals surface area contributed by atoms with Crippen molar-refractivity contribution in [3.05, 3.63) is 18.0 Å². The highest BCUT2D eigenvalue weighted by Gasteiger charge is 2.32. The lowest BCUT2D eigenvalue weighted by atomic mass is 10.2. The number of rotatable bonds is 4. The highest BCUT2D eigenvalue weighted by molar-refractivity contribution is 5.94. The van der Waals surface area contributed by atoms with E-state index in [1.54, 1.807) is 0 Å². The fraction of sp³-hybridized carbons (Fsp3) is 0.667. The largest absolute Gasteiger partial charge is 0.397 e. The molecule has 2 saturated carbocycles. The smallest absolute Gasteiger partial charge is 0.270 e. The van der Waals surface area contributed by atoms with Gasteiger partial charge in [-0.3, -0.25) is 4.79 Å². The Morgan fingerprint density at radius 3 is 2.63 bits per heavy atom. The monoisotopic (exact) mass is 261 g/mol. The van der Waals surface area contributed by atoms with Crippen LogP contribution in [0.2, 0.25) is 0 Å². The number of aromatic nitrogens is 1. The molecule has 0 atom stereocenters. The highest BCUT2D eigenvalue weighted by atomic mass is 16.2. The molecule has 2 aliphatic carbocycles. The Morgan fingerprint density at radius 2 is 2.05 bits per heavy atom. The molecule has 3 rings (SSSR count). The van der Waals surface area contributed by atoms with Crippen molar-refractivity contribution in [2.45, 2.75) is 57.5 Å². The van der Waals surface area contributed by atoms with Crippen LogP contribution in [-0.2, 0) is 0 Å². The fourth-order valence-electron chi connectivity index (χ4n) is 3.26. The van der Waals surface area contributed by atoms with Crippen LogP contribution in [-0.4, -0.2) is 28.0 Å². The quantitative estimate of drug-likeness (QED) is 0.906. The predicted octanol–water partition coefficient (Wildman–Crippen LogP) is 2.81. The van der Waals surface area contributed by atoms with Crippen LogP contribution in [0.5, 0.6) is 0 Å². The maximum absolute atomic E-state index is 12.8. The van der Waals surface area contributed by atoms with E-state index in [2.05, 4.69) is 11.5 Å². The molecule has 2 aliphatic rings. The van der Waals surface area contributed by atoms with Gasteiger partial charge in [0.05, 0.1) is 5.69 Å². The average Bonchev–Trinajstić information content (AvgIpc) is 2.95. The number of amides is 1. The van der Waals surface area contributed by atoms with Crippen molar-refractivity contribution in [1.82, 2.24) is 9.47 Å². The van der Waals surface area contributed by atoms with Gasteiger partial charge in [0, 0.05) is 24.8 Å². The Morgan fingerprint density at radius 1 is 1.37 bits per heavy atom. The minimum Gasteiger partial charge on any atom is -0.397 e. The van der Waals surface area contributed by atoms with Crippen LogP contribution < -0.4 is 5.73 Å². The Kier molecular flexibility index (Phi) is 3.25. The summed E-state index contributed by atoms with van der Waals surface area (Å²) in [5.41, 5.74) is 7.38. The maximum atomic E-state index is 12.8. The van der Waals surface area contributed by atoms with E-state index >= 15 is 0 Å². The van der Waals surface area contributed by atoms with E-state index in [4.69, 9.17) is 5.73 Å². The summed E-state index contributed by atoms with van der Waals surface area (Å²) in [6.07, 6.45) is 9.07. The summed E-state index contributed by atoms with van der Waals surface area (Å²) in [6.45, 7) is 2.86. The van der Waals surface area contributed by atoms with Crippen LogP contribution in [0.25, 0.3) is 0 Å². The highest BCUT2D eigenvalue weighted by Crippen LogP contribution is 2.37. The van der Waals surface area contributed by atoms with E-state index in [-0.39, 0.29) is 5.91 Å². The number of anilines is 1. The number of nitrogens with zero attached hydrogens (tertiary/aromatic N) is 2. The second kappa shape index (κ2) is 4.91. The molecule has 0 spiro atoms. The van der Waals surface area contributed by atoms with E-state index in [1.165, 1.54) is 25.7 Å². The molecule has 0 aliphatic heterocycles. The predicted molar refractivity (Wildman–Crippen MR) is 76.1 cm³/mol. The van der Waals surface area contributed by atoms with Crippen LogP contribution in [0.4, 0.5) is 5.69 Å². The first-order chi connectivity index (χ1) is 9.20. The Bertz CT molecular complexity index is 470. The van der Waals surface area contributed by atoms with E-state index in [0.717, 1.165) is 25.1 Å². The first kappa shape index (κ1) is 12.6. The molecule has 0 bridgehead atoms. The standard InChI is InChI=1S/C15H23N3O/c1-2-17(12-5-3-4-6-12)15(19)14-9-11(16)10-18(14)13-7-8-13/h9-10,12-13H,2-8,16H2,1H3. The van der Waals surface area contributed by atoms with Crippen molar-refractivity contribution >= 4 is 11.6 Å². The lowest BCUT2D eigenvalue weighted by Crippen LogP contribution is -2.39. The van der Waals surface area contributed by atoms with Gasteiger partial charge in [0.2, 0.25) is 0 Å². The van der Waals surface area contributed by atoms with Crippen molar-refractivity contribution < 1.29 is 4.79 Å². The molecule has 0 saturated heterocycles. The Labute approximate surface area is 114 Å². The third kappa shape index (κ3) is 2.36. The van der Waals surface area contributed by atoms with Crippen LogP contribution in [0.15, 0.2) is 12.3 Å². The number of nitrogens with two attached hydrogens (primary N) is 1. The number of nitrogen functional groups attached to an aromatic ring is 1. The maximum Gasteiger partial charge on any atom is 0.270 e. The molecular weight excluding hydrogens is 238 g/mol. The molecule has 4 nitrogen and oxygen atoms in total.